The zero-order chi connectivity index (χ0) is 16.4. The number of imidazole rings is 1. The molecule has 7 heteroatoms. The molecule has 1 aromatic heterocycles. The molecule has 1 atom stereocenters. The number of rotatable bonds is 4. The van der Waals surface area contributed by atoms with Crippen LogP contribution in [0.1, 0.15) is 37.1 Å². The van der Waals surface area contributed by atoms with Crippen molar-refractivity contribution in [1.82, 2.24) is 19.8 Å². The van der Waals surface area contributed by atoms with Gasteiger partial charge in [-0.3, -0.25) is 9.59 Å². The van der Waals surface area contributed by atoms with Gasteiger partial charge in [-0.1, -0.05) is 0 Å². The number of nitrogens with one attached hydrogen (secondary N) is 1. The minimum absolute atomic E-state index is 0.00222. The Bertz CT molecular complexity index is 598. The Morgan fingerprint density at radius 1 is 1.39 bits per heavy atom. The summed E-state index contributed by atoms with van der Waals surface area (Å²) in [5.74, 6) is -0.0284. The number of β-amino-alcohol motifs (C(OH)–C–C–N with tert-alkyl or cyclic N) is 1. The van der Waals surface area contributed by atoms with E-state index in [0.717, 1.165) is 37.1 Å². The number of aromatic amines is 1. The summed E-state index contributed by atoms with van der Waals surface area (Å²) in [6.07, 6.45) is 4.98. The van der Waals surface area contributed by atoms with Gasteiger partial charge in [0, 0.05) is 25.3 Å². The molecule has 0 aromatic carbocycles. The van der Waals surface area contributed by atoms with Crippen molar-refractivity contribution in [2.24, 2.45) is 0 Å². The molecule has 2 amide bonds. The number of hydrogen-bond donors (Lipinski definition) is 2. The van der Waals surface area contributed by atoms with Crippen LogP contribution < -0.4 is 0 Å². The van der Waals surface area contributed by atoms with E-state index >= 15 is 0 Å². The van der Waals surface area contributed by atoms with Crippen LogP contribution in [0.5, 0.6) is 0 Å². The molecule has 0 bridgehead atoms. The molecule has 0 aliphatic carbocycles. The highest BCUT2D eigenvalue weighted by molar-refractivity contribution is 5.93. The average molecular weight is 320 g/mol. The minimum Gasteiger partial charge on any atom is -0.395 e. The van der Waals surface area contributed by atoms with E-state index in [9.17, 15) is 9.59 Å². The van der Waals surface area contributed by atoms with E-state index in [-0.39, 0.29) is 24.8 Å². The predicted molar refractivity (Wildman–Crippen MR) is 83.6 cm³/mol. The fourth-order valence-electron chi connectivity index (χ4n) is 3.93. The molecule has 2 N–H and O–H groups in total. The van der Waals surface area contributed by atoms with Crippen LogP contribution in [0.4, 0.5) is 0 Å². The van der Waals surface area contributed by atoms with Gasteiger partial charge >= 0.3 is 0 Å². The number of aryl methyl sites for hydroxylation is 1. The van der Waals surface area contributed by atoms with Crippen molar-refractivity contribution in [3.05, 3.63) is 17.7 Å². The highest BCUT2D eigenvalue weighted by Crippen LogP contribution is 2.38. The van der Waals surface area contributed by atoms with Crippen LogP contribution in [0.25, 0.3) is 0 Å². The summed E-state index contributed by atoms with van der Waals surface area (Å²) in [4.78, 5) is 36.4. The van der Waals surface area contributed by atoms with Gasteiger partial charge in [-0.15, -0.1) is 0 Å². The topological polar surface area (TPSA) is 89.5 Å². The molecule has 3 heterocycles. The molecule has 23 heavy (non-hydrogen) atoms. The van der Waals surface area contributed by atoms with Crippen LogP contribution in [0.15, 0.2) is 6.33 Å². The molecule has 126 valence electrons. The van der Waals surface area contributed by atoms with Gasteiger partial charge in [0.2, 0.25) is 11.8 Å². The number of likely N-dealkylation sites (tertiary alicyclic amines) is 2. The Kier molecular flexibility index (Phi) is 4.39. The summed E-state index contributed by atoms with van der Waals surface area (Å²) >= 11 is 0. The number of aromatic nitrogens is 2. The number of amides is 2. The number of hydrogen-bond acceptors (Lipinski definition) is 4. The normalized spacial score (nSPS) is 24.7. The summed E-state index contributed by atoms with van der Waals surface area (Å²) in [6, 6.07) is 0. The van der Waals surface area contributed by atoms with Crippen molar-refractivity contribution in [3.63, 3.8) is 0 Å². The first-order chi connectivity index (χ1) is 11.1. The highest BCUT2D eigenvalue weighted by Gasteiger charge is 2.52. The number of aliphatic hydroxyl groups excluding tert-OH is 1. The first-order valence-electron chi connectivity index (χ1n) is 8.28. The van der Waals surface area contributed by atoms with Gasteiger partial charge in [0.15, 0.2) is 0 Å². The van der Waals surface area contributed by atoms with Crippen molar-refractivity contribution in [3.8, 4) is 0 Å². The molecule has 2 aliphatic rings. The van der Waals surface area contributed by atoms with Gasteiger partial charge in [-0.2, -0.15) is 0 Å². The van der Waals surface area contributed by atoms with E-state index in [1.807, 2.05) is 6.92 Å². The maximum Gasteiger partial charge on any atom is 0.248 e. The van der Waals surface area contributed by atoms with E-state index in [1.54, 1.807) is 16.1 Å². The SMILES string of the molecule is Cc1[nH]cnc1CC(=O)N1CCCC12CCCN(CCO)C2=O. The summed E-state index contributed by atoms with van der Waals surface area (Å²) in [5, 5.41) is 9.16. The van der Waals surface area contributed by atoms with E-state index in [2.05, 4.69) is 9.97 Å². The lowest BCUT2D eigenvalue weighted by atomic mass is 9.85. The molecular formula is C16H24N4O3. The van der Waals surface area contributed by atoms with E-state index in [4.69, 9.17) is 5.11 Å². The lowest BCUT2D eigenvalue weighted by molar-refractivity contribution is -0.155. The van der Waals surface area contributed by atoms with Gasteiger partial charge in [0.05, 0.1) is 25.0 Å². The monoisotopic (exact) mass is 320 g/mol. The van der Waals surface area contributed by atoms with Crippen molar-refractivity contribution in [2.45, 2.75) is 44.6 Å². The van der Waals surface area contributed by atoms with Crippen LogP contribution in [0.3, 0.4) is 0 Å². The largest absolute Gasteiger partial charge is 0.395 e. The summed E-state index contributed by atoms with van der Waals surface area (Å²) < 4.78 is 0. The molecule has 1 spiro atoms. The zero-order valence-corrected chi connectivity index (χ0v) is 13.5. The number of H-pyrrole nitrogens is 1. The summed E-state index contributed by atoms with van der Waals surface area (Å²) in [5.41, 5.74) is 0.935. The second kappa shape index (κ2) is 6.31. The van der Waals surface area contributed by atoms with Crippen LogP contribution in [-0.2, 0) is 16.0 Å². The molecule has 2 fully saturated rings. The standard InChI is InChI=1S/C16H24N4O3/c1-12-13(18-11-17-12)10-14(22)20-7-3-5-16(20)4-2-6-19(8-9-21)15(16)23/h11,21H,2-10H2,1H3,(H,17,18). The number of nitrogens with zero attached hydrogens (tertiary/aromatic N) is 3. The Morgan fingerprint density at radius 2 is 2.13 bits per heavy atom. The quantitative estimate of drug-likeness (QED) is 0.831. The van der Waals surface area contributed by atoms with Crippen LogP contribution >= 0.6 is 0 Å². The first-order valence-corrected chi connectivity index (χ1v) is 8.28. The molecule has 0 saturated carbocycles. The van der Waals surface area contributed by atoms with E-state index < -0.39 is 5.54 Å². The third-order valence-corrected chi connectivity index (χ3v) is 5.12. The van der Waals surface area contributed by atoms with Crippen LogP contribution in [-0.4, -0.2) is 68.5 Å². The third kappa shape index (κ3) is 2.73. The van der Waals surface area contributed by atoms with E-state index in [0.29, 0.717) is 19.6 Å². The fourth-order valence-corrected chi connectivity index (χ4v) is 3.93. The molecule has 1 aromatic rings. The third-order valence-electron chi connectivity index (χ3n) is 5.12. The van der Waals surface area contributed by atoms with Crippen molar-refractivity contribution >= 4 is 11.8 Å². The molecule has 2 aliphatic heterocycles. The zero-order valence-electron chi connectivity index (χ0n) is 13.5. The highest BCUT2D eigenvalue weighted by atomic mass is 16.3. The van der Waals surface area contributed by atoms with E-state index in [1.165, 1.54) is 0 Å². The Morgan fingerprint density at radius 3 is 2.78 bits per heavy atom. The number of carbonyl (C=O) groups excluding carboxylic acids is 2. The first kappa shape index (κ1) is 16.0. The predicted octanol–water partition coefficient (Wildman–Crippen LogP) is 0.237. The Hall–Kier alpha value is -1.89. The van der Waals surface area contributed by atoms with Crippen molar-refractivity contribution in [1.29, 1.82) is 0 Å². The Balaban J connectivity index is 1.80. The lowest BCUT2D eigenvalue weighted by Gasteiger charge is -2.44. The van der Waals surface area contributed by atoms with Crippen LogP contribution in [0, 0.1) is 6.92 Å². The molecule has 3 rings (SSSR count). The van der Waals surface area contributed by atoms with Gasteiger partial charge in [-0.25, -0.2) is 4.98 Å². The second-order valence-electron chi connectivity index (χ2n) is 6.45. The van der Waals surface area contributed by atoms with Gasteiger partial charge < -0.3 is 19.9 Å². The van der Waals surface area contributed by atoms with Crippen molar-refractivity contribution < 1.29 is 14.7 Å². The van der Waals surface area contributed by atoms with Crippen molar-refractivity contribution in [2.75, 3.05) is 26.2 Å². The number of carbonyl (C=O) groups is 2. The molecule has 2 saturated heterocycles. The van der Waals surface area contributed by atoms with Gasteiger partial charge in [0.25, 0.3) is 0 Å². The van der Waals surface area contributed by atoms with Gasteiger partial charge in [-0.05, 0) is 32.6 Å². The second-order valence-corrected chi connectivity index (χ2v) is 6.45. The van der Waals surface area contributed by atoms with Crippen LogP contribution in [0.2, 0.25) is 0 Å². The molecule has 7 nitrogen and oxygen atoms in total. The number of piperidine rings is 1. The lowest BCUT2D eigenvalue weighted by Crippen LogP contribution is -2.61. The minimum atomic E-state index is -0.700. The Labute approximate surface area is 135 Å². The average Bonchev–Trinajstić information content (AvgIpc) is 3.12. The molecular weight excluding hydrogens is 296 g/mol. The smallest absolute Gasteiger partial charge is 0.248 e. The molecule has 0 radical (unpaired) electrons. The number of aliphatic hydroxyl groups is 1. The maximum absolute atomic E-state index is 12.9. The maximum atomic E-state index is 12.9. The van der Waals surface area contributed by atoms with Gasteiger partial charge in [0.1, 0.15) is 5.54 Å². The fraction of sp³-hybridized carbons (Fsp3) is 0.688. The summed E-state index contributed by atoms with van der Waals surface area (Å²) in [6.45, 7) is 3.50. The molecule has 1 unspecified atom stereocenters. The summed E-state index contributed by atoms with van der Waals surface area (Å²) in [7, 11) is 0.